The number of carbonyl (C=O) groups is 2. The highest BCUT2D eigenvalue weighted by Crippen LogP contribution is 2.37. The van der Waals surface area contributed by atoms with Crippen molar-refractivity contribution in [3.8, 4) is 5.75 Å². The number of carbonyl (C=O) groups excluding carboxylic acids is 2. The van der Waals surface area contributed by atoms with Gasteiger partial charge in [-0.3, -0.25) is 9.69 Å². The summed E-state index contributed by atoms with van der Waals surface area (Å²) in [5, 5.41) is 0. The van der Waals surface area contributed by atoms with Crippen LogP contribution in [0.5, 0.6) is 5.75 Å². The predicted octanol–water partition coefficient (Wildman–Crippen LogP) is 3.46. The van der Waals surface area contributed by atoms with E-state index >= 15 is 0 Å². The molecule has 0 aromatic heterocycles. The molecule has 2 amide bonds. The average molecular weight is 346 g/mol. The summed E-state index contributed by atoms with van der Waals surface area (Å²) in [6, 6.07) is 3.93. The first-order chi connectivity index (χ1) is 11.8. The van der Waals surface area contributed by atoms with Gasteiger partial charge in [-0.25, -0.2) is 4.79 Å². The van der Waals surface area contributed by atoms with E-state index < -0.39 is 5.60 Å². The molecule has 0 atom stereocenters. The monoisotopic (exact) mass is 346 g/mol. The third kappa shape index (κ3) is 3.72. The van der Waals surface area contributed by atoms with E-state index in [9.17, 15) is 9.59 Å². The number of ether oxygens (including phenoxy) is 2. The lowest BCUT2D eigenvalue weighted by Crippen LogP contribution is -2.35. The molecule has 1 aromatic carbocycles. The number of anilines is 1. The molecule has 2 aliphatic heterocycles. The van der Waals surface area contributed by atoms with Crippen molar-refractivity contribution < 1.29 is 19.1 Å². The Bertz CT molecular complexity index is 693. The largest absolute Gasteiger partial charge is 0.495 e. The fourth-order valence-electron chi connectivity index (χ4n) is 3.31. The van der Waals surface area contributed by atoms with Gasteiger partial charge in [-0.05, 0) is 56.9 Å². The minimum absolute atomic E-state index is 0.131. The lowest BCUT2D eigenvalue weighted by molar-refractivity contribution is -0.119. The van der Waals surface area contributed by atoms with Gasteiger partial charge in [-0.15, -0.1) is 0 Å². The van der Waals surface area contributed by atoms with E-state index in [4.69, 9.17) is 9.47 Å². The van der Waals surface area contributed by atoms with Gasteiger partial charge in [0, 0.05) is 26.1 Å². The SMILES string of the molecule is COc1cc2c(cc1N1CCCCC1=O)CN(C(=O)OC(C)(C)C)C2. The van der Waals surface area contributed by atoms with E-state index in [1.54, 1.807) is 16.9 Å². The number of amides is 2. The van der Waals surface area contributed by atoms with Gasteiger partial charge in [0.2, 0.25) is 5.91 Å². The Hall–Kier alpha value is -2.24. The number of benzene rings is 1. The van der Waals surface area contributed by atoms with E-state index in [0.29, 0.717) is 31.8 Å². The first-order valence-corrected chi connectivity index (χ1v) is 8.76. The Morgan fingerprint density at radius 1 is 1.12 bits per heavy atom. The molecule has 0 bridgehead atoms. The number of fused-ring (bicyclic) bond motifs is 1. The Morgan fingerprint density at radius 2 is 1.80 bits per heavy atom. The smallest absolute Gasteiger partial charge is 0.410 e. The Balaban J connectivity index is 1.84. The van der Waals surface area contributed by atoms with Gasteiger partial charge in [-0.1, -0.05) is 0 Å². The summed E-state index contributed by atoms with van der Waals surface area (Å²) in [6.45, 7) is 7.27. The number of hydrogen-bond acceptors (Lipinski definition) is 4. The van der Waals surface area contributed by atoms with Crippen molar-refractivity contribution in [2.45, 2.75) is 58.7 Å². The minimum atomic E-state index is -0.519. The van der Waals surface area contributed by atoms with Crippen LogP contribution in [0.25, 0.3) is 0 Å². The van der Waals surface area contributed by atoms with Crippen LogP contribution in [0, 0.1) is 0 Å². The van der Waals surface area contributed by atoms with Crippen molar-refractivity contribution in [2.24, 2.45) is 0 Å². The van der Waals surface area contributed by atoms with E-state index in [-0.39, 0.29) is 12.0 Å². The third-order valence-corrected chi connectivity index (χ3v) is 4.49. The second-order valence-electron chi connectivity index (χ2n) is 7.63. The van der Waals surface area contributed by atoms with Gasteiger partial charge >= 0.3 is 6.09 Å². The molecule has 136 valence electrons. The molecule has 0 radical (unpaired) electrons. The second-order valence-corrected chi connectivity index (χ2v) is 7.63. The molecule has 1 aromatic rings. The molecule has 0 aliphatic carbocycles. The molecule has 1 fully saturated rings. The minimum Gasteiger partial charge on any atom is -0.495 e. The zero-order valence-corrected chi connectivity index (χ0v) is 15.4. The van der Waals surface area contributed by atoms with E-state index in [2.05, 4.69) is 0 Å². The van der Waals surface area contributed by atoms with Gasteiger partial charge in [-0.2, -0.15) is 0 Å². The van der Waals surface area contributed by atoms with Crippen molar-refractivity contribution in [3.63, 3.8) is 0 Å². The fourth-order valence-corrected chi connectivity index (χ4v) is 3.31. The van der Waals surface area contributed by atoms with Gasteiger partial charge in [0.1, 0.15) is 11.4 Å². The summed E-state index contributed by atoms with van der Waals surface area (Å²) in [5.74, 6) is 0.812. The number of rotatable bonds is 2. The van der Waals surface area contributed by atoms with Gasteiger partial charge in [0.15, 0.2) is 0 Å². The third-order valence-electron chi connectivity index (χ3n) is 4.49. The first kappa shape index (κ1) is 17.6. The zero-order chi connectivity index (χ0) is 18.2. The molecule has 3 rings (SSSR count). The maximum atomic E-state index is 12.3. The van der Waals surface area contributed by atoms with Crippen molar-refractivity contribution in [2.75, 3.05) is 18.6 Å². The van der Waals surface area contributed by atoms with Gasteiger partial charge < -0.3 is 14.4 Å². The summed E-state index contributed by atoms with van der Waals surface area (Å²) in [6.07, 6.45) is 2.19. The van der Waals surface area contributed by atoms with Crippen LogP contribution in [0.15, 0.2) is 12.1 Å². The lowest BCUT2D eigenvalue weighted by Gasteiger charge is -2.28. The molecule has 0 N–H and O–H groups in total. The normalized spacial score (nSPS) is 17.5. The number of piperidine rings is 1. The molecule has 6 nitrogen and oxygen atoms in total. The van der Waals surface area contributed by atoms with E-state index in [1.807, 2.05) is 32.9 Å². The summed E-state index contributed by atoms with van der Waals surface area (Å²) >= 11 is 0. The van der Waals surface area contributed by atoms with Crippen LogP contribution in [0.1, 0.15) is 51.2 Å². The quantitative estimate of drug-likeness (QED) is 0.823. The van der Waals surface area contributed by atoms with E-state index in [0.717, 1.165) is 29.7 Å². The van der Waals surface area contributed by atoms with Crippen LogP contribution in [0.3, 0.4) is 0 Å². The highest BCUT2D eigenvalue weighted by Gasteiger charge is 2.30. The molecule has 0 unspecified atom stereocenters. The highest BCUT2D eigenvalue weighted by atomic mass is 16.6. The van der Waals surface area contributed by atoms with Crippen LogP contribution < -0.4 is 9.64 Å². The van der Waals surface area contributed by atoms with Crippen LogP contribution in [0.4, 0.5) is 10.5 Å². The molecular weight excluding hydrogens is 320 g/mol. The molecule has 2 heterocycles. The molecule has 6 heteroatoms. The van der Waals surface area contributed by atoms with Gasteiger partial charge in [0.05, 0.1) is 12.8 Å². The van der Waals surface area contributed by atoms with Crippen molar-refractivity contribution in [1.82, 2.24) is 4.90 Å². The van der Waals surface area contributed by atoms with Crippen molar-refractivity contribution >= 4 is 17.7 Å². The number of hydrogen-bond donors (Lipinski definition) is 0. The maximum Gasteiger partial charge on any atom is 0.410 e. The van der Waals surface area contributed by atoms with Crippen LogP contribution >= 0.6 is 0 Å². The molecule has 0 saturated carbocycles. The molecule has 25 heavy (non-hydrogen) atoms. The Kier molecular flexibility index (Phi) is 4.62. The zero-order valence-electron chi connectivity index (χ0n) is 15.4. The lowest BCUT2D eigenvalue weighted by atomic mass is 10.0. The van der Waals surface area contributed by atoms with Crippen LogP contribution in [-0.2, 0) is 22.6 Å². The molecular formula is C19H26N2O4. The summed E-state index contributed by atoms with van der Waals surface area (Å²) in [5.41, 5.74) is 2.36. The predicted molar refractivity (Wildman–Crippen MR) is 94.7 cm³/mol. The fraction of sp³-hybridized carbons (Fsp3) is 0.579. The van der Waals surface area contributed by atoms with Crippen molar-refractivity contribution in [3.05, 3.63) is 23.3 Å². The first-order valence-electron chi connectivity index (χ1n) is 8.76. The second kappa shape index (κ2) is 6.58. The summed E-state index contributed by atoms with van der Waals surface area (Å²) < 4.78 is 11.0. The highest BCUT2D eigenvalue weighted by molar-refractivity contribution is 5.95. The van der Waals surface area contributed by atoms with Crippen LogP contribution in [-0.4, -0.2) is 36.2 Å². The van der Waals surface area contributed by atoms with E-state index in [1.165, 1.54) is 0 Å². The number of methoxy groups -OCH3 is 1. The molecule has 2 aliphatic rings. The summed E-state index contributed by atoms with van der Waals surface area (Å²) in [4.78, 5) is 28.1. The topological polar surface area (TPSA) is 59.1 Å². The molecule has 0 spiro atoms. The standard InChI is InChI=1S/C19H26N2O4/c1-19(2,3)25-18(23)20-11-13-9-15(16(24-4)10-14(13)12-20)21-8-6-5-7-17(21)22/h9-10H,5-8,11-12H2,1-4H3. The van der Waals surface area contributed by atoms with Crippen molar-refractivity contribution in [1.29, 1.82) is 0 Å². The number of nitrogens with zero attached hydrogens (tertiary/aromatic N) is 2. The Morgan fingerprint density at radius 3 is 2.40 bits per heavy atom. The Labute approximate surface area is 148 Å². The van der Waals surface area contributed by atoms with Crippen LogP contribution in [0.2, 0.25) is 0 Å². The summed E-state index contributed by atoms with van der Waals surface area (Å²) in [7, 11) is 1.61. The average Bonchev–Trinajstić information content (AvgIpc) is 2.95. The molecule has 1 saturated heterocycles. The maximum absolute atomic E-state index is 12.3. The van der Waals surface area contributed by atoms with Gasteiger partial charge in [0.25, 0.3) is 0 Å².